The van der Waals surface area contributed by atoms with Crippen molar-refractivity contribution in [3.63, 3.8) is 0 Å². The van der Waals surface area contributed by atoms with Gasteiger partial charge >= 0.3 is 0 Å². The third kappa shape index (κ3) is 1.97. The highest BCUT2D eigenvalue weighted by atomic mass is 16.5. The van der Waals surface area contributed by atoms with E-state index in [1.54, 1.807) is 0 Å². The fourth-order valence-corrected chi connectivity index (χ4v) is 5.37. The minimum absolute atomic E-state index is 0.526. The summed E-state index contributed by atoms with van der Waals surface area (Å²) in [5, 5.41) is 4.07. The maximum absolute atomic E-state index is 5.99. The lowest BCUT2D eigenvalue weighted by Gasteiger charge is -2.62. The molecule has 4 atom stereocenters. The molecule has 0 bridgehead atoms. The summed E-state index contributed by atoms with van der Waals surface area (Å²) in [6.45, 7) is 5.71. The van der Waals surface area contributed by atoms with E-state index in [-0.39, 0.29) is 0 Å². The number of hydrogen-bond acceptors (Lipinski definition) is 3. The van der Waals surface area contributed by atoms with Crippen molar-refractivity contribution >= 4 is 0 Å². The zero-order chi connectivity index (χ0) is 13.6. The average molecular weight is 278 g/mol. The standard InChI is InChI=1S/C17H30N2O/c1-2-20-16-12-15(17(16)8-5-9-17)18-13-7-11-19-10-4-3-6-14(13)19/h13-16,18H,2-12H2,1H3. The second-order valence-corrected chi connectivity index (χ2v) is 7.48. The number of rotatable bonds is 4. The van der Waals surface area contributed by atoms with Gasteiger partial charge in [-0.1, -0.05) is 12.8 Å². The number of ether oxygens (including phenoxy) is 1. The van der Waals surface area contributed by atoms with Crippen molar-refractivity contribution in [2.24, 2.45) is 5.41 Å². The summed E-state index contributed by atoms with van der Waals surface area (Å²) in [6, 6.07) is 2.35. The van der Waals surface area contributed by atoms with Gasteiger partial charge in [-0.05, 0) is 52.0 Å². The van der Waals surface area contributed by atoms with E-state index < -0.39 is 0 Å². The Morgan fingerprint density at radius 2 is 2.05 bits per heavy atom. The topological polar surface area (TPSA) is 24.5 Å². The molecule has 2 saturated carbocycles. The van der Waals surface area contributed by atoms with Crippen molar-refractivity contribution < 1.29 is 4.74 Å². The van der Waals surface area contributed by atoms with Crippen LogP contribution in [0.5, 0.6) is 0 Å². The molecule has 20 heavy (non-hydrogen) atoms. The summed E-state index contributed by atoms with van der Waals surface area (Å²) in [6.07, 6.45) is 11.7. The molecule has 2 aliphatic heterocycles. The molecule has 2 saturated heterocycles. The highest BCUT2D eigenvalue weighted by Crippen LogP contribution is 2.57. The summed E-state index contributed by atoms with van der Waals surface area (Å²) in [4.78, 5) is 2.74. The van der Waals surface area contributed by atoms with Crippen LogP contribution in [0.4, 0.5) is 0 Å². The molecule has 4 unspecified atom stereocenters. The molecule has 0 radical (unpaired) electrons. The Balaban J connectivity index is 1.38. The first-order valence-electron chi connectivity index (χ1n) is 8.95. The van der Waals surface area contributed by atoms with Crippen LogP contribution in [0.1, 0.15) is 58.3 Å². The van der Waals surface area contributed by atoms with Crippen LogP contribution < -0.4 is 5.32 Å². The third-order valence-corrected chi connectivity index (χ3v) is 6.71. The van der Waals surface area contributed by atoms with E-state index in [1.165, 1.54) is 64.5 Å². The van der Waals surface area contributed by atoms with Crippen LogP contribution >= 0.6 is 0 Å². The quantitative estimate of drug-likeness (QED) is 0.855. The van der Waals surface area contributed by atoms with Gasteiger partial charge in [-0.2, -0.15) is 0 Å². The normalized spacial score (nSPS) is 43.0. The minimum atomic E-state index is 0.526. The van der Waals surface area contributed by atoms with E-state index in [0.717, 1.165) is 24.7 Å². The molecule has 4 fully saturated rings. The summed E-state index contributed by atoms with van der Waals surface area (Å²) >= 11 is 0. The van der Waals surface area contributed by atoms with Crippen molar-refractivity contribution in [2.45, 2.75) is 82.5 Å². The Labute approximate surface area is 123 Å². The van der Waals surface area contributed by atoms with Crippen molar-refractivity contribution in [3.05, 3.63) is 0 Å². The molecule has 1 N–H and O–H groups in total. The lowest BCUT2D eigenvalue weighted by atomic mass is 9.51. The van der Waals surface area contributed by atoms with E-state index in [0.29, 0.717) is 11.5 Å². The average Bonchev–Trinajstić information content (AvgIpc) is 2.79. The van der Waals surface area contributed by atoms with Crippen LogP contribution in [0.3, 0.4) is 0 Å². The number of hydrogen-bond donors (Lipinski definition) is 1. The van der Waals surface area contributed by atoms with Gasteiger partial charge in [-0.25, -0.2) is 0 Å². The highest BCUT2D eigenvalue weighted by Gasteiger charge is 2.59. The van der Waals surface area contributed by atoms with Gasteiger partial charge in [-0.15, -0.1) is 0 Å². The van der Waals surface area contributed by atoms with E-state index >= 15 is 0 Å². The van der Waals surface area contributed by atoms with Gasteiger partial charge in [-0.3, -0.25) is 4.90 Å². The highest BCUT2D eigenvalue weighted by molar-refractivity contribution is 5.13. The molecule has 4 rings (SSSR count). The van der Waals surface area contributed by atoms with Crippen molar-refractivity contribution in [1.82, 2.24) is 10.2 Å². The van der Waals surface area contributed by atoms with Gasteiger partial charge in [0.1, 0.15) is 0 Å². The first-order valence-corrected chi connectivity index (χ1v) is 8.95. The Morgan fingerprint density at radius 3 is 2.80 bits per heavy atom. The molecule has 0 amide bonds. The number of fused-ring (bicyclic) bond motifs is 1. The van der Waals surface area contributed by atoms with Crippen molar-refractivity contribution in [1.29, 1.82) is 0 Å². The SMILES string of the molecule is CCOC1CC(NC2CCN3CCCCC23)C12CCC2. The maximum atomic E-state index is 5.99. The van der Waals surface area contributed by atoms with Crippen LogP contribution in [0.15, 0.2) is 0 Å². The molecule has 0 aromatic rings. The van der Waals surface area contributed by atoms with E-state index in [1.807, 2.05) is 0 Å². The van der Waals surface area contributed by atoms with E-state index in [4.69, 9.17) is 4.74 Å². The third-order valence-electron chi connectivity index (χ3n) is 6.71. The van der Waals surface area contributed by atoms with Crippen LogP contribution in [0.2, 0.25) is 0 Å². The van der Waals surface area contributed by atoms with Gasteiger partial charge < -0.3 is 10.1 Å². The molecule has 2 heterocycles. The summed E-state index contributed by atoms with van der Waals surface area (Å²) in [5.74, 6) is 0. The fraction of sp³-hybridized carbons (Fsp3) is 1.00. The number of piperidine rings is 1. The summed E-state index contributed by atoms with van der Waals surface area (Å²) in [7, 11) is 0. The first kappa shape index (κ1) is 13.5. The Bertz CT molecular complexity index is 355. The lowest BCUT2D eigenvalue weighted by molar-refractivity contribution is -0.175. The molecule has 3 nitrogen and oxygen atoms in total. The fourth-order valence-electron chi connectivity index (χ4n) is 5.37. The molecule has 1 spiro atoms. The molecular weight excluding hydrogens is 248 g/mol. The van der Waals surface area contributed by atoms with Crippen LogP contribution in [-0.2, 0) is 4.74 Å². The number of nitrogens with one attached hydrogen (secondary N) is 1. The molecule has 3 heteroatoms. The van der Waals surface area contributed by atoms with E-state index in [2.05, 4.69) is 17.1 Å². The zero-order valence-electron chi connectivity index (χ0n) is 12.9. The number of nitrogens with zero attached hydrogens (tertiary/aromatic N) is 1. The monoisotopic (exact) mass is 278 g/mol. The predicted molar refractivity (Wildman–Crippen MR) is 80.9 cm³/mol. The first-order chi connectivity index (χ1) is 9.83. The smallest absolute Gasteiger partial charge is 0.0661 e. The lowest BCUT2D eigenvalue weighted by Crippen LogP contribution is -2.69. The molecule has 4 aliphatic rings. The van der Waals surface area contributed by atoms with Crippen LogP contribution in [-0.4, -0.2) is 48.8 Å². The largest absolute Gasteiger partial charge is 0.378 e. The zero-order valence-corrected chi connectivity index (χ0v) is 12.9. The summed E-state index contributed by atoms with van der Waals surface area (Å²) in [5.41, 5.74) is 0.526. The van der Waals surface area contributed by atoms with Crippen LogP contribution in [0.25, 0.3) is 0 Å². The minimum Gasteiger partial charge on any atom is -0.378 e. The molecule has 2 aliphatic carbocycles. The maximum Gasteiger partial charge on any atom is 0.0661 e. The van der Waals surface area contributed by atoms with Gasteiger partial charge in [0, 0.05) is 36.7 Å². The molecular formula is C17H30N2O. The Kier molecular flexibility index (Phi) is 3.56. The molecule has 114 valence electrons. The Hall–Kier alpha value is -0.120. The Morgan fingerprint density at radius 1 is 1.15 bits per heavy atom. The molecule has 0 aromatic heterocycles. The van der Waals surface area contributed by atoms with Gasteiger partial charge in [0.05, 0.1) is 6.10 Å². The van der Waals surface area contributed by atoms with Crippen molar-refractivity contribution in [3.8, 4) is 0 Å². The second kappa shape index (κ2) is 5.26. The van der Waals surface area contributed by atoms with E-state index in [9.17, 15) is 0 Å². The predicted octanol–water partition coefficient (Wildman–Crippen LogP) is 2.55. The van der Waals surface area contributed by atoms with Gasteiger partial charge in [0.15, 0.2) is 0 Å². The van der Waals surface area contributed by atoms with Crippen LogP contribution in [0, 0.1) is 5.41 Å². The second-order valence-electron chi connectivity index (χ2n) is 7.48. The van der Waals surface area contributed by atoms with Gasteiger partial charge in [0.25, 0.3) is 0 Å². The van der Waals surface area contributed by atoms with Crippen molar-refractivity contribution in [2.75, 3.05) is 19.7 Å². The van der Waals surface area contributed by atoms with Gasteiger partial charge in [0.2, 0.25) is 0 Å². The molecule has 0 aromatic carbocycles. The summed E-state index contributed by atoms with van der Waals surface area (Å²) < 4.78 is 5.99.